The summed E-state index contributed by atoms with van der Waals surface area (Å²) >= 11 is 5.91. The van der Waals surface area contributed by atoms with Crippen LogP contribution in [0.5, 0.6) is 0 Å². The van der Waals surface area contributed by atoms with Gasteiger partial charge in [0.15, 0.2) is 0 Å². The van der Waals surface area contributed by atoms with E-state index in [2.05, 4.69) is 10.0 Å². The number of nitrogens with zero attached hydrogens (tertiary/aromatic N) is 1. The van der Waals surface area contributed by atoms with E-state index in [0.717, 1.165) is 5.56 Å². The van der Waals surface area contributed by atoms with Crippen LogP contribution in [0, 0.1) is 0 Å². The Hall–Kier alpha value is -2.62. The lowest BCUT2D eigenvalue weighted by Gasteiger charge is -2.33. The summed E-state index contributed by atoms with van der Waals surface area (Å²) in [6.45, 7) is 0.843. The number of urea groups is 1. The molecule has 1 saturated heterocycles. The van der Waals surface area contributed by atoms with Gasteiger partial charge < -0.3 is 16.0 Å². The maximum atomic E-state index is 12.8. The average molecular weight is 465 g/mol. The van der Waals surface area contributed by atoms with Gasteiger partial charge >= 0.3 is 6.03 Å². The third-order valence-electron chi connectivity index (χ3n) is 5.19. The lowest BCUT2D eigenvalue weighted by atomic mass is 10.0. The SMILES string of the molecule is NC(=O)NC(CC(=O)N1CCC(NS(=O)(=O)c2ccccc2)CC1)c1ccc(Cl)cc1. The molecule has 0 aromatic heterocycles. The Labute approximate surface area is 186 Å². The maximum absolute atomic E-state index is 12.8. The predicted molar refractivity (Wildman–Crippen MR) is 118 cm³/mol. The van der Waals surface area contributed by atoms with Crippen LogP contribution < -0.4 is 15.8 Å². The number of carbonyl (C=O) groups excluding carboxylic acids is 2. The topological polar surface area (TPSA) is 122 Å². The number of nitrogens with one attached hydrogen (secondary N) is 2. The zero-order valence-electron chi connectivity index (χ0n) is 16.8. The summed E-state index contributed by atoms with van der Waals surface area (Å²) in [5.41, 5.74) is 6.00. The first-order valence-corrected chi connectivity index (χ1v) is 11.8. The van der Waals surface area contributed by atoms with Crippen molar-refractivity contribution in [1.82, 2.24) is 14.9 Å². The van der Waals surface area contributed by atoms with Gasteiger partial charge in [0.2, 0.25) is 15.9 Å². The van der Waals surface area contributed by atoms with Gasteiger partial charge in [0.25, 0.3) is 0 Å². The van der Waals surface area contributed by atoms with E-state index in [0.29, 0.717) is 31.0 Å². The van der Waals surface area contributed by atoms with E-state index in [-0.39, 0.29) is 23.3 Å². The van der Waals surface area contributed by atoms with E-state index in [1.165, 1.54) is 0 Å². The Morgan fingerprint density at radius 3 is 2.26 bits per heavy atom. The first kappa shape index (κ1) is 23.1. The number of hydrogen-bond acceptors (Lipinski definition) is 4. The molecule has 0 aliphatic carbocycles. The van der Waals surface area contributed by atoms with E-state index >= 15 is 0 Å². The summed E-state index contributed by atoms with van der Waals surface area (Å²) in [6, 6.07) is 13.5. The second kappa shape index (κ2) is 10.1. The van der Waals surface area contributed by atoms with E-state index < -0.39 is 22.1 Å². The zero-order valence-corrected chi connectivity index (χ0v) is 18.4. The van der Waals surface area contributed by atoms with Crippen molar-refractivity contribution in [3.05, 3.63) is 65.2 Å². The van der Waals surface area contributed by atoms with Crippen molar-refractivity contribution in [3.63, 3.8) is 0 Å². The summed E-state index contributed by atoms with van der Waals surface area (Å²) in [7, 11) is -3.60. The van der Waals surface area contributed by atoms with Crippen LogP contribution in [0.1, 0.15) is 30.9 Å². The summed E-state index contributed by atoms with van der Waals surface area (Å²) < 4.78 is 27.7. The molecule has 1 atom stereocenters. The Kier molecular flexibility index (Phi) is 7.53. The molecule has 1 aliphatic rings. The first-order valence-electron chi connectivity index (χ1n) is 9.91. The van der Waals surface area contributed by atoms with Crippen molar-refractivity contribution in [2.75, 3.05) is 13.1 Å². The van der Waals surface area contributed by atoms with Crippen molar-refractivity contribution in [1.29, 1.82) is 0 Å². The van der Waals surface area contributed by atoms with Gasteiger partial charge in [-0.3, -0.25) is 4.79 Å². The number of sulfonamides is 1. The number of primary amides is 1. The minimum Gasteiger partial charge on any atom is -0.352 e. The number of halogens is 1. The molecule has 4 N–H and O–H groups in total. The molecule has 1 fully saturated rings. The molecule has 0 radical (unpaired) electrons. The maximum Gasteiger partial charge on any atom is 0.312 e. The van der Waals surface area contributed by atoms with Crippen LogP contribution in [0.4, 0.5) is 4.79 Å². The predicted octanol–water partition coefficient (Wildman–Crippen LogP) is 2.41. The summed E-state index contributed by atoms with van der Waals surface area (Å²) in [6.07, 6.45) is 1.06. The van der Waals surface area contributed by atoms with Crippen LogP contribution in [0.25, 0.3) is 0 Å². The zero-order chi connectivity index (χ0) is 22.4. The van der Waals surface area contributed by atoms with E-state index in [9.17, 15) is 18.0 Å². The Morgan fingerprint density at radius 1 is 1.06 bits per heavy atom. The van der Waals surface area contributed by atoms with Crippen LogP contribution in [0.2, 0.25) is 5.02 Å². The van der Waals surface area contributed by atoms with Gasteiger partial charge in [0.05, 0.1) is 17.4 Å². The third kappa shape index (κ3) is 6.43. The monoisotopic (exact) mass is 464 g/mol. The molecule has 8 nitrogen and oxygen atoms in total. The molecule has 2 aromatic carbocycles. The Bertz CT molecular complexity index is 1010. The number of amides is 3. The minimum absolute atomic E-state index is 0.0466. The molecule has 1 unspecified atom stereocenters. The molecule has 0 saturated carbocycles. The lowest BCUT2D eigenvalue weighted by molar-refractivity contribution is -0.132. The van der Waals surface area contributed by atoms with Crippen molar-refractivity contribution in [2.45, 2.75) is 36.2 Å². The molecule has 10 heteroatoms. The molecule has 31 heavy (non-hydrogen) atoms. The van der Waals surface area contributed by atoms with E-state index in [1.807, 2.05) is 0 Å². The normalized spacial score (nSPS) is 16.0. The fourth-order valence-corrected chi connectivity index (χ4v) is 5.01. The molecule has 1 heterocycles. The van der Waals surface area contributed by atoms with Gasteiger partial charge in [0, 0.05) is 24.2 Å². The standard InChI is InChI=1S/C21H25ClN4O4S/c22-16-8-6-15(7-9-16)19(24-21(23)28)14-20(27)26-12-10-17(11-13-26)25-31(29,30)18-4-2-1-3-5-18/h1-9,17,19,25H,10-14H2,(H3,23,24,28). The highest BCUT2D eigenvalue weighted by atomic mass is 35.5. The fourth-order valence-electron chi connectivity index (χ4n) is 3.56. The van der Waals surface area contributed by atoms with Gasteiger partial charge in [-0.1, -0.05) is 41.9 Å². The highest BCUT2D eigenvalue weighted by Crippen LogP contribution is 2.22. The number of piperidine rings is 1. The molecular weight excluding hydrogens is 440 g/mol. The number of hydrogen-bond donors (Lipinski definition) is 3. The van der Waals surface area contributed by atoms with Crippen molar-refractivity contribution >= 4 is 33.6 Å². The molecule has 3 amide bonds. The molecular formula is C21H25ClN4O4S. The van der Waals surface area contributed by atoms with Gasteiger partial charge in [-0.25, -0.2) is 17.9 Å². The van der Waals surface area contributed by atoms with Crippen LogP contribution in [-0.4, -0.2) is 44.4 Å². The Morgan fingerprint density at radius 2 is 1.68 bits per heavy atom. The van der Waals surface area contributed by atoms with Crippen molar-refractivity contribution in [2.24, 2.45) is 5.73 Å². The van der Waals surface area contributed by atoms with Gasteiger partial charge in [0.1, 0.15) is 0 Å². The third-order valence-corrected chi connectivity index (χ3v) is 6.98. The smallest absolute Gasteiger partial charge is 0.312 e. The van der Waals surface area contributed by atoms with Crippen LogP contribution >= 0.6 is 11.6 Å². The summed E-state index contributed by atoms with van der Waals surface area (Å²) in [5.74, 6) is -0.141. The number of carbonyl (C=O) groups is 2. The van der Waals surface area contributed by atoms with Crippen LogP contribution in [0.3, 0.4) is 0 Å². The number of nitrogens with two attached hydrogens (primary N) is 1. The lowest BCUT2D eigenvalue weighted by Crippen LogP contribution is -2.47. The van der Waals surface area contributed by atoms with Gasteiger partial charge in [-0.15, -0.1) is 0 Å². The van der Waals surface area contributed by atoms with Crippen molar-refractivity contribution < 1.29 is 18.0 Å². The van der Waals surface area contributed by atoms with Crippen LogP contribution in [-0.2, 0) is 14.8 Å². The quantitative estimate of drug-likeness (QED) is 0.582. The number of likely N-dealkylation sites (tertiary alicyclic amines) is 1. The molecule has 166 valence electrons. The molecule has 0 bridgehead atoms. The second-order valence-corrected chi connectivity index (χ2v) is 9.56. The Balaban J connectivity index is 1.57. The molecule has 3 rings (SSSR count). The minimum atomic E-state index is -3.60. The average Bonchev–Trinajstić information content (AvgIpc) is 2.74. The van der Waals surface area contributed by atoms with E-state index in [1.54, 1.807) is 59.5 Å². The number of benzene rings is 2. The van der Waals surface area contributed by atoms with E-state index in [4.69, 9.17) is 17.3 Å². The number of rotatable bonds is 7. The largest absolute Gasteiger partial charge is 0.352 e. The molecule has 0 spiro atoms. The van der Waals surface area contributed by atoms with Crippen molar-refractivity contribution in [3.8, 4) is 0 Å². The fraction of sp³-hybridized carbons (Fsp3) is 0.333. The first-order chi connectivity index (χ1) is 14.7. The summed E-state index contributed by atoms with van der Waals surface area (Å²) in [4.78, 5) is 26.1. The van der Waals surface area contributed by atoms with Crippen LogP contribution in [0.15, 0.2) is 59.5 Å². The van der Waals surface area contributed by atoms with Gasteiger partial charge in [-0.2, -0.15) is 0 Å². The summed E-state index contributed by atoms with van der Waals surface area (Å²) in [5, 5.41) is 3.15. The highest BCUT2D eigenvalue weighted by molar-refractivity contribution is 7.89. The highest BCUT2D eigenvalue weighted by Gasteiger charge is 2.28. The van der Waals surface area contributed by atoms with Gasteiger partial charge in [-0.05, 0) is 42.7 Å². The molecule has 2 aromatic rings. The second-order valence-electron chi connectivity index (χ2n) is 7.41. The molecule has 1 aliphatic heterocycles.